The van der Waals surface area contributed by atoms with E-state index in [4.69, 9.17) is 19.9 Å². The highest BCUT2D eigenvalue weighted by atomic mass is 19.1. The fourth-order valence-corrected chi connectivity index (χ4v) is 2.38. The molecule has 0 unspecified atom stereocenters. The molecule has 0 spiro atoms. The Labute approximate surface area is 98.5 Å². The molecule has 0 amide bonds. The maximum atomic E-state index is 14.1. The second-order valence-corrected chi connectivity index (χ2v) is 4.51. The van der Waals surface area contributed by atoms with Crippen LogP contribution >= 0.6 is 0 Å². The molecule has 0 radical (unpaired) electrons. The SMILES string of the molecule is COc1c(C2(N)CCC2)cc2c(c1F)OCO2. The van der Waals surface area contributed by atoms with E-state index in [1.165, 1.54) is 7.11 Å². The van der Waals surface area contributed by atoms with Crippen molar-refractivity contribution in [2.75, 3.05) is 13.9 Å². The minimum Gasteiger partial charge on any atom is -0.493 e. The van der Waals surface area contributed by atoms with Crippen molar-refractivity contribution in [3.05, 3.63) is 17.4 Å². The largest absolute Gasteiger partial charge is 0.493 e. The van der Waals surface area contributed by atoms with E-state index in [2.05, 4.69) is 0 Å². The Morgan fingerprint density at radius 2 is 2.18 bits per heavy atom. The number of methoxy groups -OCH3 is 1. The molecule has 1 aliphatic heterocycles. The van der Waals surface area contributed by atoms with Crippen LogP contribution in [0.5, 0.6) is 17.2 Å². The molecule has 0 bridgehead atoms. The van der Waals surface area contributed by atoms with Gasteiger partial charge in [-0.3, -0.25) is 0 Å². The van der Waals surface area contributed by atoms with E-state index in [9.17, 15) is 4.39 Å². The first-order chi connectivity index (χ1) is 8.15. The summed E-state index contributed by atoms with van der Waals surface area (Å²) < 4.78 is 29.6. The first-order valence-electron chi connectivity index (χ1n) is 5.61. The lowest BCUT2D eigenvalue weighted by Crippen LogP contribution is -2.43. The van der Waals surface area contributed by atoms with Crippen LogP contribution in [0, 0.1) is 5.82 Å². The average Bonchev–Trinajstić information content (AvgIpc) is 2.74. The summed E-state index contributed by atoms with van der Waals surface area (Å²) in [7, 11) is 1.44. The second kappa shape index (κ2) is 3.50. The predicted octanol–water partition coefficient (Wildman–Crippen LogP) is 1.90. The Bertz CT molecular complexity index is 471. The van der Waals surface area contributed by atoms with E-state index >= 15 is 0 Å². The normalized spacial score (nSPS) is 19.9. The van der Waals surface area contributed by atoms with Gasteiger partial charge in [-0.25, -0.2) is 0 Å². The van der Waals surface area contributed by atoms with Gasteiger partial charge in [0.25, 0.3) is 0 Å². The molecule has 1 aromatic rings. The Kier molecular flexibility index (Phi) is 2.19. The first-order valence-corrected chi connectivity index (χ1v) is 5.61. The van der Waals surface area contributed by atoms with Crippen LogP contribution in [0.25, 0.3) is 0 Å². The zero-order valence-electron chi connectivity index (χ0n) is 9.59. The van der Waals surface area contributed by atoms with Crippen molar-refractivity contribution in [2.45, 2.75) is 24.8 Å². The summed E-state index contributed by atoms with van der Waals surface area (Å²) in [6.07, 6.45) is 2.72. The van der Waals surface area contributed by atoms with Gasteiger partial charge in [-0.15, -0.1) is 0 Å². The highest BCUT2D eigenvalue weighted by Crippen LogP contribution is 2.49. The summed E-state index contributed by atoms with van der Waals surface area (Å²) in [6.45, 7) is 0.0381. The molecule has 2 aliphatic rings. The molecule has 2 N–H and O–H groups in total. The summed E-state index contributed by atoms with van der Waals surface area (Å²) in [4.78, 5) is 0. The van der Waals surface area contributed by atoms with E-state index in [-0.39, 0.29) is 18.3 Å². The number of halogens is 1. The molecule has 1 fully saturated rings. The fraction of sp³-hybridized carbons (Fsp3) is 0.500. The summed E-state index contributed by atoms with van der Waals surface area (Å²) in [5.41, 5.74) is 6.40. The molecule has 5 heteroatoms. The van der Waals surface area contributed by atoms with E-state index in [1.54, 1.807) is 6.07 Å². The van der Waals surface area contributed by atoms with Crippen molar-refractivity contribution in [3.8, 4) is 17.2 Å². The van der Waals surface area contributed by atoms with E-state index in [0.717, 1.165) is 19.3 Å². The molecule has 92 valence electrons. The lowest BCUT2D eigenvalue weighted by molar-refractivity contribution is 0.170. The average molecular weight is 239 g/mol. The number of nitrogens with two attached hydrogens (primary N) is 1. The Hall–Kier alpha value is -1.49. The van der Waals surface area contributed by atoms with Crippen LogP contribution in [0.2, 0.25) is 0 Å². The third kappa shape index (κ3) is 1.38. The van der Waals surface area contributed by atoms with Crippen LogP contribution in [0.1, 0.15) is 24.8 Å². The monoisotopic (exact) mass is 239 g/mol. The number of rotatable bonds is 2. The standard InChI is InChI=1S/C12H14FNO3/c1-15-10-7(12(14)3-2-4-12)5-8-11(9(10)13)17-6-16-8/h5H,2-4,6,14H2,1H3. The van der Waals surface area contributed by atoms with Crippen LogP contribution in [0.15, 0.2) is 6.07 Å². The van der Waals surface area contributed by atoms with Crippen molar-refractivity contribution in [1.29, 1.82) is 0 Å². The highest BCUT2D eigenvalue weighted by molar-refractivity contribution is 5.56. The zero-order valence-corrected chi connectivity index (χ0v) is 9.59. The third-order valence-corrected chi connectivity index (χ3v) is 3.55. The van der Waals surface area contributed by atoms with Gasteiger partial charge in [-0.05, 0) is 25.3 Å². The molecule has 0 aromatic heterocycles. The molecule has 4 nitrogen and oxygen atoms in total. The second-order valence-electron chi connectivity index (χ2n) is 4.51. The van der Waals surface area contributed by atoms with Gasteiger partial charge in [0.1, 0.15) is 0 Å². The molecule has 1 heterocycles. The maximum absolute atomic E-state index is 14.1. The van der Waals surface area contributed by atoms with Crippen LogP contribution in [-0.4, -0.2) is 13.9 Å². The zero-order chi connectivity index (χ0) is 12.0. The quantitative estimate of drug-likeness (QED) is 0.856. The Morgan fingerprint density at radius 3 is 2.76 bits per heavy atom. The van der Waals surface area contributed by atoms with Gasteiger partial charge in [0.2, 0.25) is 18.4 Å². The molecular formula is C12H14FNO3. The van der Waals surface area contributed by atoms with Crippen molar-refractivity contribution in [1.82, 2.24) is 0 Å². The highest BCUT2D eigenvalue weighted by Gasteiger charge is 2.40. The molecule has 1 aliphatic carbocycles. The van der Waals surface area contributed by atoms with Crippen LogP contribution in [0.3, 0.4) is 0 Å². The van der Waals surface area contributed by atoms with Crippen LogP contribution in [0.4, 0.5) is 4.39 Å². The van der Waals surface area contributed by atoms with Crippen molar-refractivity contribution < 1.29 is 18.6 Å². The van der Waals surface area contributed by atoms with Gasteiger partial charge in [0.15, 0.2) is 11.5 Å². The van der Waals surface area contributed by atoms with Crippen molar-refractivity contribution in [2.24, 2.45) is 5.73 Å². The summed E-state index contributed by atoms with van der Waals surface area (Å²) in [5, 5.41) is 0. The number of hydrogen-bond donors (Lipinski definition) is 1. The van der Waals surface area contributed by atoms with Gasteiger partial charge in [0.05, 0.1) is 7.11 Å². The molecule has 1 saturated carbocycles. The molecule has 3 rings (SSSR count). The summed E-state index contributed by atoms with van der Waals surface area (Å²) in [6, 6.07) is 1.74. The first kappa shape index (κ1) is 10.7. The number of benzene rings is 1. The molecule has 0 atom stereocenters. The van der Waals surface area contributed by atoms with E-state index < -0.39 is 11.4 Å². The van der Waals surface area contributed by atoms with Gasteiger partial charge < -0.3 is 19.9 Å². The Morgan fingerprint density at radius 1 is 1.41 bits per heavy atom. The topological polar surface area (TPSA) is 53.7 Å². The third-order valence-electron chi connectivity index (χ3n) is 3.55. The molecule has 1 aromatic carbocycles. The Balaban J connectivity index is 2.17. The van der Waals surface area contributed by atoms with Gasteiger partial charge in [-0.1, -0.05) is 0 Å². The van der Waals surface area contributed by atoms with Crippen LogP contribution in [-0.2, 0) is 5.54 Å². The smallest absolute Gasteiger partial charge is 0.231 e. The molecule has 0 saturated heterocycles. The summed E-state index contributed by atoms with van der Waals surface area (Å²) in [5.74, 6) is 0.189. The van der Waals surface area contributed by atoms with Gasteiger partial charge in [0, 0.05) is 11.1 Å². The van der Waals surface area contributed by atoms with E-state index in [1.807, 2.05) is 0 Å². The van der Waals surface area contributed by atoms with Crippen molar-refractivity contribution in [3.63, 3.8) is 0 Å². The number of fused-ring (bicyclic) bond motifs is 1. The van der Waals surface area contributed by atoms with Gasteiger partial charge >= 0.3 is 0 Å². The summed E-state index contributed by atoms with van der Waals surface area (Å²) >= 11 is 0. The van der Waals surface area contributed by atoms with Crippen LogP contribution < -0.4 is 19.9 Å². The fourth-order valence-electron chi connectivity index (χ4n) is 2.38. The lowest BCUT2D eigenvalue weighted by Gasteiger charge is -2.39. The number of hydrogen-bond acceptors (Lipinski definition) is 4. The minimum atomic E-state index is -0.519. The van der Waals surface area contributed by atoms with Crippen molar-refractivity contribution >= 4 is 0 Å². The molecule has 17 heavy (non-hydrogen) atoms. The van der Waals surface area contributed by atoms with E-state index in [0.29, 0.717) is 11.3 Å². The number of ether oxygens (including phenoxy) is 3. The van der Waals surface area contributed by atoms with Gasteiger partial charge in [-0.2, -0.15) is 4.39 Å². The minimum absolute atomic E-state index is 0.0381. The maximum Gasteiger partial charge on any atom is 0.231 e. The molecular weight excluding hydrogens is 225 g/mol. The predicted molar refractivity (Wildman–Crippen MR) is 58.8 cm³/mol. The lowest BCUT2D eigenvalue weighted by atomic mass is 9.72.